The lowest BCUT2D eigenvalue weighted by Gasteiger charge is -2.61. The van der Waals surface area contributed by atoms with Gasteiger partial charge in [-0.05, 0) is 12.1 Å². The molecule has 0 radical (unpaired) electrons. The molecular formula is C16H14N6O3. The van der Waals surface area contributed by atoms with E-state index in [9.17, 15) is 4.79 Å². The number of benzene rings is 1. The third kappa shape index (κ3) is 1.99. The minimum atomic E-state index is -0.624. The van der Waals surface area contributed by atoms with E-state index in [1.807, 2.05) is 24.3 Å². The number of amides is 1. The number of fused-ring (bicyclic) bond motifs is 2. The topological polar surface area (TPSA) is 108 Å². The summed E-state index contributed by atoms with van der Waals surface area (Å²) in [4.78, 5) is 24.1. The van der Waals surface area contributed by atoms with Crippen molar-refractivity contribution in [1.29, 1.82) is 0 Å². The standard InChI is InChI=1S/C16H14N6O3/c23-15(19-24)9-5-17-16(18-6-9)22-8-11-12(22)7-21(11)14-10-3-1-2-4-13(10)25-20-14/h1-6,11-12,24H,7-8H2,(H,19,23)/t11?,12-/m1/s1. The van der Waals surface area contributed by atoms with Gasteiger partial charge in [-0.25, -0.2) is 15.4 Å². The van der Waals surface area contributed by atoms with E-state index in [1.54, 1.807) is 5.48 Å². The van der Waals surface area contributed by atoms with Crippen LogP contribution in [0.1, 0.15) is 10.4 Å². The maximum atomic E-state index is 11.3. The molecule has 2 aromatic heterocycles. The van der Waals surface area contributed by atoms with E-state index in [4.69, 9.17) is 9.73 Å². The lowest BCUT2D eigenvalue weighted by atomic mass is 9.85. The van der Waals surface area contributed by atoms with Crippen molar-refractivity contribution >= 4 is 28.6 Å². The Morgan fingerprint density at radius 2 is 1.88 bits per heavy atom. The van der Waals surface area contributed by atoms with E-state index in [-0.39, 0.29) is 5.56 Å². The monoisotopic (exact) mass is 338 g/mol. The zero-order valence-corrected chi connectivity index (χ0v) is 13.0. The molecule has 9 nitrogen and oxygen atoms in total. The molecule has 2 N–H and O–H groups in total. The first-order valence-corrected chi connectivity index (χ1v) is 7.90. The fourth-order valence-corrected chi connectivity index (χ4v) is 3.46. The van der Waals surface area contributed by atoms with E-state index in [0.29, 0.717) is 18.0 Å². The molecule has 1 unspecified atom stereocenters. The lowest BCUT2D eigenvalue weighted by molar-refractivity contribution is 0.0705. The van der Waals surface area contributed by atoms with Crippen LogP contribution in [0.5, 0.6) is 0 Å². The Labute approximate surface area is 141 Å². The molecule has 0 aliphatic carbocycles. The summed E-state index contributed by atoms with van der Waals surface area (Å²) in [6, 6.07) is 8.52. The molecule has 9 heteroatoms. The largest absolute Gasteiger partial charge is 0.354 e. The Hall–Kier alpha value is -3.20. The zero-order valence-electron chi connectivity index (χ0n) is 13.0. The first-order chi connectivity index (χ1) is 12.3. The highest BCUT2D eigenvalue weighted by Crippen LogP contribution is 2.40. The number of carbonyl (C=O) groups is 1. The van der Waals surface area contributed by atoms with Gasteiger partial charge in [-0.2, -0.15) is 0 Å². The summed E-state index contributed by atoms with van der Waals surface area (Å²) in [5.41, 5.74) is 2.57. The van der Waals surface area contributed by atoms with Crippen molar-refractivity contribution in [2.75, 3.05) is 22.9 Å². The van der Waals surface area contributed by atoms with Gasteiger partial charge in [0, 0.05) is 25.5 Å². The number of aromatic nitrogens is 3. The van der Waals surface area contributed by atoms with Crippen molar-refractivity contribution in [1.82, 2.24) is 20.6 Å². The molecule has 1 amide bonds. The molecule has 0 saturated carbocycles. The van der Waals surface area contributed by atoms with Gasteiger partial charge in [0.15, 0.2) is 11.4 Å². The molecule has 2 aliphatic rings. The molecule has 5 rings (SSSR count). The Bertz CT molecular complexity index is 956. The maximum Gasteiger partial charge on any atom is 0.277 e. The van der Waals surface area contributed by atoms with Crippen molar-refractivity contribution in [3.63, 3.8) is 0 Å². The Morgan fingerprint density at radius 3 is 2.60 bits per heavy atom. The highest BCUT2D eigenvalue weighted by atomic mass is 16.5. The number of nitrogens with zero attached hydrogens (tertiary/aromatic N) is 5. The summed E-state index contributed by atoms with van der Waals surface area (Å²) >= 11 is 0. The van der Waals surface area contributed by atoms with Crippen LogP contribution in [0.25, 0.3) is 11.0 Å². The van der Waals surface area contributed by atoms with Crippen LogP contribution in [0.4, 0.5) is 11.8 Å². The van der Waals surface area contributed by atoms with Crippen LogP contribution in [0, 0.1) is 0 Å². The third-order valence-electron chi connectivity index (χ3n) is 4.90. The fraction of sp³-hybridized carbons (Fsp3) is 0.250. The van der Waals surface area contributed by atoms with Crippen molar-refractivity contribution in [3.05, 3.63) is 42.2 Å². The van der Waals surface area contributed by atoms with Gasteiger partial charge < -0.3 is 14.3 Å². The second-order valence-electron chi connectivity index (χ2n) is 6.15. The first-order valence-electron chi connectivity index (χ1n) is 7.90. The minimum Gasteiger partial charge on any atom is -0.354 e. The summed E-state index contributed by atoms with van der Waals surface area (Å²) in [6.45, 7) is 1.61. The minimum absolute atomic E-state index is 0.215. The molecule has 3 aromatic rings. The highest BCUT2D eigenvalue weighted by Gasteiger charge is 2.53. The van der Waals surface area contributed by atoms with Crippen LogP contribution in [-0.2, 0) is 0 Å². The fourth-order valence-electron chi connectivity index (χ4n) is 3.46. The van der Waals surface area contributed by atoms with E-state index in [0.717, 1.165) is 29.9 Å². The zero-order chi connectivity index (χ0) is 17.0. The van der Waals surface area contributed by atoms with Crippen LogP contribution < -0.4 is 15.3 Å². The Balaban J connectivity index is 1.31. The predicted molar refractivity (Wildman–Crippen MR) is 87.6 cm³/mol. The number of rotatable bonds is 3. The molecule has 126 valence electrons. The number of hydrogen-bond acceptors (Lipinski definition) is 8. The second-order valence-corrected chi connectivity index (χ2v) is 6.15. The third-order valence-corrected chi connectivity index (χ3v) is 4.90. The molecule has 2 fully saturated rings. The van der Waals surface area contributed by atoms with Gasteiger partial charge in [0.05, 0.1) is 23.0 Å². The normalized spacial score (nSPS) is 21.5. The van der Waals surface area contributed by atoms with Crippen LogP contribution in [-0.4, -0.2) is 51.4 Å². The van der Waals surface area contributed by atoms with Gasteiger partial charge in [0.2, 0.25) is 5.95 Å². The number of piperazine rings is 1. The number of anilines is 2. The highest BCUT2D eigenvalue weighted by molar-refractivity contribution is 5.92. The van der Waals surface area contributed by atoms with E-state index < -0.39 is 5.91 Å². The van der Waals surface area contributed by atoms with E-state index in [1.165, 1.54) is 12.4 Å². The summed E-state index contributed by atoms with van der Waals surface area (Å²) in [7, 11) is 0. The van der Waals surface area contributed by atoms with E-state index in [2.05, 4.69) is 24.9 Å². The SMILES string of the molecule is O=C(NO)c1cnc(N2CC3[C@H]2CN3c2noc3ccccc23)nc1. The number of hydroxylamine groups is 1. The number of para-hydroxylation sites is 1. The maximum absolute atomic E-state index is 11.3. The predicted octanol–water partition coefficient (Wildman–Crippen LogP) is 0.814. The van der Waals surface area contributed by atoms with Crippen molar-refractivity contribution < 1.29 is 14.5 Å². The van der Waals surface area contributed by atoms with Gasteiger partial charge in [0.1, 0.15) is 0 Å². The smallest absolute Gasteiger partial charge is 0.277 e. The molecule has 1 aromatic carbocycles. The van der Waals surface area contributed by atoms with Crippen LogP contribution in [0.2, 0.25) is 0 Å². The number of carbonyl (C=O) groups excluding carboxylic acids is 1. The summed E-state index contributed by atoms with van der Waals surface area (Å²) in [5.74, 6) is 0.841. The van der Waals surface area contributed by atoms with Crippen LogP contribution in [0.15, 0.2) is 41.2 Å². The van der Waals surface area contributed by atoms with Gasteiger partial charge >= 0.3 is 0 Å². The number of hydrogen-bond donors (Lipinski definition) is 2. The van der Waals surface area contributed by atoms with Gasteiger partial charge in [0.25, 0.3) is 5.91 Å². The Kier molecular flexibility index (Phi) is 2.92. The second kappa shape index (κ2) is 5.15. The molecule has 4 heterocycles. The molecule has 25 heavy (non-hydrogen) atoms. The summed E-state index contributed by atoms with van der Waals surface area (Å²) in [6.07, 6.45) is 2.81. The molecule has 2 aliphatic heterocycles. The van der Waals surface area contributed by atoms with Crippen molar-refractivity contribution in [3.8, 4) is 0 Å². The van der Waals surface area contributed by atoms with Crippen molar-refractivity contribution in [2.45, 2.75) is 12.1 Å². The van der Waals surface area contributed by atoms with Crippen LogP contribution >= 0.6 is 0 Å². The number of nitrogens with one attached hydrogen (secondary N) is 1. The van der Waals surface area contributed by atoms with Gasteiger partial charge in [-0.1, -0.05) is 17.3 Å². The molecule has 0 spiro atoms. The average Bonchev–Trinajstić information content (AvgIpc) is 3.07. The first kappa shape index (κ1) is 14.2. The lowest BCUT2D eigenvalue weighted by Crippen LogP contribution is -2.79. The van der Waals surface area contributed by atoms with Gasteiger partial charge in [-0.15, -0.1) is 0 Å². The van der Waals surface area contributed by atoms with Crippen LogP contribution in [0.3, 0.4) is 0 Å². The molecule has 2 saturated heterocycles. The average molecular weight is 338 g/mol. The quantitative estimate of drug-likeness (QED) is 0.534. The Morgan fingerprint density at radius 1 is 1.16 bits per heavy atom. The summed E-state index contributed by atoms with van der Waals surface area (Å²) < 4.78 is 5.38. The summed E-state index contributed by atoms with van der Waals surface area (Å²) in [5, 5.41) is 13.9. The van der Waals surface area contributed by atoms with E-state index >= 15 is 0 Å². The molecule has 0 bridgehead atoms. The van der Waals surface area contributed by atoms with Crippen molar-refractivity contribution in [2.24, 2.45) is 0 Å². The van der Waals surface area contributed by atoms with Gasteiger partial charge in [-0.3, -0.25) is 10.0 Å². The molecular weight excluding hydrogens is 324 g/mol. The molecule has 2 atom stereocenters.